The van der Waals surface area contributed by atoms with E-state index in [-0.39, 0.29) is 5.96 Å². The molecule has 0 bridgehead atoms. The summed E-state index contributed by atoms with van der Waals surface area (Å²) in [6.45, 7) is 2.04. The van der Waals surface area contributed by atoms with Gasteiger partial charge in [0, 0.05) is 11.4 Å². The van der Waals surface area contributed by atoms with Crippen molar-refractivity contribution in [1.82, 2.24) is 0 Å². The molecule has 1 heterocycles. The van der Waals surface area contributed by atoms with Gasteiger partial charge >= 0.3 is 0 Å². The normalized spacial score (nSPS) is 20.1. The molecule has 1 aliphatic rings. The molecule has 130 valence electrons. The molecular formula is C19H24N6. The van der Waals surface area contributed by atoms with Crippen LogP contribution < -0.4 is 22.1 Å². The van der Waals surface area contributed by atoms with Gasteiger partial charge in [-0.2, -0.15) is 4.99 Å². The number of aliphatic imine (C=N–C) groups is 2. The third-order valence-corrected chi connectivity index (χ3v) is 4.41. The van der Waals surface area contributed by atoms with Crippen LogP contribution in [0.2, 0.25) is 0 Å². The molecule has 0 saturated heterocycles. The highest BCUT2D eigenvalue weighted by molar-refractivity contribution is 6.05. The second kappa shape index (κ2) is 6.84. The van der Waals surface area contributed by atoms with Crippen molar-refractivity contribution >= 4 is 23.3 Å². The number of hydrogen-bond acceptors (Lipinski definition) is 6. The van der Waals surface area contributed by atoms with E-state index in [2.05, 4.69) is 22.1 Å². The Balaban J connectivity index is 1.78. The van der Waals surface area contributed by atoms with Crippen molar-refractivity contribution in [1.29, 1.82) is 0 Å². The van der Waals surface area contributed by atoms with Crippen molar-refractivity contribution in [3.63, 3.8) is 0 Å². The number of aryl methyl sites for hydroxylation is 1. The summed E-state index contributed by atoms with van der Waals surface area (Å²) in [7, 11) is 0. The molecule has 0 amide bonds. The van der Waals surface area contributed by atoms with Gasteiger partial charge in [0.15, 0.2) is 0 Å². The number of nitrogens with two attached hydrogens (primary N) is 3. The van der Waals surface area contributed by atoms with E-state index in [1.54, 1.807) is 0 Å². The largest absolute Gasteiger partial charge is 0.399 e. The average Bonchev–Trinajstić information content (AvgIpc) is 2.57. The van der Waals surface area contributed by atoms with Crippen LogP contribution in [0.3, 0.4) is 0 Å². The van der Waals surface area contributed by atoms with Crippen LogP contribution in [-0.4, -0.2) is 17.6 Å². The maximum absolute atomic E-state index is 6.18. The highest BCUT2D eigenvalue weighted by Gasteiger charge is 2.36. The molecule has 3 rings (SSSR count). The Hall–Kier alpha value is -3.02. The van der Waals surface area contributed by atoms with E-state index >= 15 is 0 Å². The van der Waals surface area contributed by atoms with E-state index in [0.29, 0.717) is 5.96 Å². The van der Waals surface area contributed by atoms with E-state index in [9.17, 15) is 0 Å². The smallest absolute Gasteiger partial charge is 0.220 e. The van der Waals surface area contributed by atoms with Crippen molar-refractivity contribution in [3.8, 4) is 0 Å². The van der Waals surface area contributed by atoms with Crippen LogP contribution in [-0.2, 0) is 6.42 Å². The standard InChI is InChI=1S/C19H24N6/c1-19(13-5-6-14-9-11-15(20)12-10-14)24-17(21)23-18(22)25(19)16-7-3-2-4-8-16/h2-4,7-12H,5-6,13,20H2,1H3,(H4,21,22,23,24). The fourth-order valence-electron chi connectivity index (χ4n) is 3.20. The van der Waals surface area contributed by atoms with Gasteiger partial charge in [-0.25, -0.2) is 4.99 Å². The van der Waals surface area contributed by atoms with Gasteiger partial charge in [0.2, 0.25) is 11.9 Å². The van der Waals surface area contributed by atoms with E-state index < -0.39 is 5.66 Å². The zero-order valence-corrected chi connectivity index (χ0v) is 14.4. The maximum atomic E-state index is 6.18. The van der Waals surface area contributed by atoms with E-state index in [1.807, 2.05) is 54.3 Å². The second-order valence-electron chi connectivity index (χ2n) is 6.42. The summed E-state index contributed by atoms with van der Waals surface area (Å²) >= 11 is 0. The second-order valence-corrected chi connectivity index (χ2v) is 6.42. The summed E-state index contributed by atoms with van der Waals surface area (Å²) in [5, 5.41) is 0. The minimum absolute atomic E-state index is 0.222. The Labute approximate surface area is 148 Å². The van der Waals surface area contributed by atoms with E-state index in [1.165, 1.54) is 5.56 Å². The summed E-state index contributed by atoms with van der Waals surface area (Å²) in [4.78, 5) is 10.7. The molecule has 6 N–H and O–H groups in total. The minimum atomic E-state index is -0.564. The third-order valence-electron chi connectivity index (χ3n) is 4.41. The van der Waals surface area contributed by atoms with Crippen molar-refractivity contribution in [2.24, 2.45) is 21.5 Å². The SMILES string of the molecule is CC1(CCCc2ccc(N)cc2)N=C(N)N=C(N)N1c1ccccc1. The van der Waals surface area contributed by atoms with Gasteiger partial charge in [-0.3, -0.25) is 4.90 Å². The molecule has 6 heteroatoms. The lowest BCUT2D eigenvalue weighted by Gasteiger charge is -2.41. The monoisotopic (exact) mass is 336 g/mol. The quantitative estimate of drug-likeness (QED) is 0.729. The van der Waals surface area contributed by atoms with Gasteiger partial charge in [0.1, 0.15) is 5.66 Å². The number of benzene rings is 2. The van der Waals surface area contributed by atoms with Crippen LogP contribution in [0.5, 0.6) is 0 Å². The number of anilines is 2. The molecule has 0 fully saturated rings. The molecule has 25 heavy (non-hydrogen) atoms. The summed E-state index contributed by atoms with van der Waals surface area (Å²) < 4.78 is 0. The lowest BCUT2D eigenvalue weighted by atomic mass is 9.99. The number of guanidine groups is 2. The Morgan fingerprint density at radius 2 is 1.64 bits per heavy atom. The topological polar surface area (TPSA) is 106 Å². The lowest BCUT2D eigenvalue weighted by Crippen LogP contribution is -2.56. The van der Waals surface area contributed by atoms with Crippen LogP contribution in [0.1, 0.15) is 25.3 Å². The van der Waals surface area contributed by atoms with Gasteiger partial charge in [0.05, 0.1) is 0 Å². The first kappa shape index (κ1) is 16.8. The molecular weight excluding hydrogens is 312 g/mol. The summed E-state index contributed by atoms with van der Waals surface area (Å²) in [6, 6.07) is 17.9. The van der Waals surface area contributed by atoms with E-state index in [4.69, 9.17) is 17.2 Å². The van der Waals surface area contributed by atoms with Crippen LogP contribution >= 0.6 is 0 Å². The van der Waals surface area contributed by atoms with Crippen LogP contribution in [0, 0.1) is 0 Å². The fourth-order valence-corrected chi connectivity index (χ4v) is 3.20. The number of nitrogens with zero attached hydrogens (tertiary/aromatic N) is 3. The molecule has 2 aromatic rings. The first-order chi connectivity index (χ1) is 12.0. The van der Waals surface area contributed by atoms with Crippen LogP contribution in [0.15, 0.2) is 64.6 Å². The number of nitrogen functional groups attached to an aromatic ring is 1. The highest BCUT2D eigenvalue weighted by atomic mass is 15.4. The molecule has 0 saturated carbocycles. The molecule has 1 unspecified atom stereocenters. The summed E-state index contributed by atoms with van der Waals surface area (Å²) in [5.74, 6) is 0.591. The van der Waals surface area contributed by atoms with Crippen molar-refractivity contribution in [2.45, 2.75) is 31.8 Å². The number of para-hydroxylation sites is 1. The van der Waals surface area contributed by atoms with Gasteiger partial charge in [-0.1, -0.05) is 30.3 Å². The van der Waals surface area contributed by atoms with Crippen molar-refractivity contribution < 1.29 is 0 Å². The van der Waals surface area contributed by atoms with Gasteiger partial charge in [-0.15, -0.1) is 0 Å². The van der Waals surface area contributed by atoms with Crippen LogP contribution in [0.25, 0.3) is 0 Å². The van der Waals surface area contributed by atoms with E-state index in [0.717, 1.165) is 30.6 Å². The summed E-state index contributed by atoms with van der Waals surface area (Å²) in [5.41, 5.74) is 20.2. The molecule has 1 aliphatic heterocycles. The fraction of sp³-hybridized carbons (Fsp3) is 0.263. The van der Waals surface area contributed by atoms with Crippen LogP contribution in [0.4, 0.5) is 11.4 Å². The van der Waals surface area contributed by atoms with Gasteiger partial charge in [-0.05, 0) is 56.0 Å². The van der Waals surface area contributed by atoms with Gasteiger partial charge < -0.3 is 17.2 Å². The Kier molecular flexibility index (Phi) is 4.61. The Bertz CT molecular complexity index is 781. The average molecular weight is 336 g/mol. The maximum Gasteiger partial charge on any atom is 0.220 e. The molecule has 1 atom stereocenters. The predicted octanol–water partition coefficient (Wildman–Crippen LogP) is 2.46. The zero-order chi connectivity index (χ0) is 17.9. The molecule has 2 aromatic carbocycles. The molecule has 0 radical (unpaired) electrons. The Morgan fingerprint density at radius 3 is 2.32 bits per heavy atom. The molecule has 0 aliphatic carbocycles. The zero-order valence-electron chi connectivity index (χ0n) is 14.4. The van der Waals surface area contributed by atoms with Crippen molar-refractivity contribution in [2.75, 3.05) is 10.6 Å². The summed E-state index contributed by atoms with van der Waals surface area (Å²) in [6.07, 6.45) is 2.67. The first-order valence-corrected chi connectivity index (χ1v) is 8.37. The number of rotatable bonds is 5. The highest BCUT2D eigenvalue weighted by Crippen LogP contribution is 2.31. The molecule has 6 nitrogen and oxygen atoms in total. The predicted molar refractivity (Wildman–Crippen MR) is 104 cm³/mol. The van der Waals surface area contributed by atoms with Crippen molar-refractivity contribution in [3.05, 3.63) is 60.2 Å². The number of hydrogen-bond donors (Lipinski definition) is 3. The third kappa shape index (κ3) is 3.74. The molecule has 0 spiro atoms. The minimum Gasteiger partial charge on any atom is -0.399 e. The lowest BCUT2D eigenvalue weighted by molar-refractivity contribution is 0.430. The molecule has 0 aromatic heterocycles. The first-order valence-electron chi connectivity index (χ1n) is 8.37. The Morgan fingerprint density at radius 1 is 0.960 bits per heavy atom. The van der Waals surface area contributed by atoms with Gasteiger partial charge in [0.25, 0.3) is 0 Å².